The summed E-state index contributed by atoms with van der Waals surface area (Å²) in [6.07, 6.45) is 53.2. The highest BCUT2D eigenvalue weighted by atomic mass is 16.8. The van der Waals surface area contributed by atoms with Gasteiger partial charge in [-0.25, -0.2) is 0 Å². The van der Waals surface area contributed by atoms with E-state index >= 15 is 0 Å². The molecule has 3 heterocycles. The van der Waals surface area contributed by atoms with Crippen LogP contribution in [0, 0.1) is 0 Å². The van der Waals surface area contributed by atoms with E-state index in [-0.39, 0.29) is 18.9 Å². The summed E-state index contributed by atoms with van der Waals surface area (Å²) < 4.78 is 34.3. The molecule has 0 spiro atoms. The summed E-state index contributed by atoms with van der Waals surface area (Å²) in [6.45, 7) is 1.57. The molecule has 3 rings (SSSR count). The number of aliphatic hydroxyl groups is 11. The van der Waals surface area contributed by atoms with Gasteiger partial charge in [0.2, 0.25) is 5.91 Å². The molecular weight excluding hydrogens is 1240 g/mol. The normalized spacial score (nSPS) is 27.6. The molecule has 19 heteroatoms. The summed E-state index contributed by atoms with van der Waals surface area (Å²) in [7, 11) is 0. The summed E-state index contributed by atoms with van der Waals surface area (Å²) in [5, 5.41) is 121. The number of amides is 1. The van der Waals surface area contributed by atoms with Gasteiger partial charge in [0.15, 0.2) is 18.9 Å². The fraction of sp³-hybridized carbons (Fsp3) is 0.731. The van der Waals surface area contributed by atoms with Crippen LogP contribution < -0.4 is 5.32 Å². The lowest BCUT2D eigenvalue weighted by Crippen LogP contribution is -2.66. The predicted octanol–water partition coefficient (Wildman–Crippen LogP) is 11.2. The third-order valence-electron chi connectivity index (χ3n) is 17.7. The molecule has 0 aromatic heterocycles. The molecule has 97 heavy (non-hydrogen) atoms. The van der Waals surface area contributed by atoms with Crippen LogP contribution in [-0.4, -0.2) is 193 Å². The van der Waals surface area contributed by atoms with Crippen LogP contribution in [0.4, 0.5) is 0 Å². The second kappa shape index (κ2) is 57.8. The van der Waals surface area contributed by atoms with Gasteiger partial charge in [-0.1, -0.05) is 245 Å². The van der Waals surface area contributed by atoms with E-state index in [1.165, 1.54) is 96.3 Å². The zero-order chi connectivity index (χ0) is 70.4. The molecule has 3 aliphatic rings. The average Bonchev–Trinajstić information content (AvgIpc) is 0.792. The summed E-state index contributed by atoms with van der Waals surface area (Å²) in [5.74, 6) is -0.296. The van der Waals surface area contributed by atoms with Gasteiger partial charge in [-0.05, 0) is 103 Å². The molecule has 556 valence electrons. The molecular formula is C78H131NO18. The smallest absolute Gasteiger partial charge is 0.220 e. The standard InChI is InChI=1S/C78H131NO18/c1-3-5-7-9-11-13-15-17-19-21-22-23-24-25-26-27-28-29-30-31-32-33-34-35-36-37-38-40-42-44-46-48-50-52-54-56-66(84)79-61(62(83)55-53-51-49-47-45-43-41-39-20-18-16-14-12-10-8-6-4-2)60-92-76-72(90)69(87)74(64(58-81)94-76)97-78-73(91)70(88)75(65(59-82)95-78)96-77-71(89)68(86)67(85)63(57-80)93-77/h5,7,11,13,17,19-20,22-23,25-26,28-29,31-32,39,45,47,53,55,61-65,67-78,80-83,85-91H,3-4,6,8-10,12,14-16,18,21,24,27,30,33-38,40-44,46,48-52,54,56-60H2,1-2H3,(H,79,84)/b7-5-,13-11-,19-17-,23-22-,26-25-,29-28-,32-31-,39-20+,47-45+,55-53+. The Morgan fingerprint density at radius 2 is 0.722 bits per heavy atom. The predicted molar refractivity (Wildman–Crippen MR) is 383 cm³/mol. The fourth-order valence-corrected chi connectivity index (χ4v) is 11.7. The Bertz CT molecular complexity index is 2230. The van der Waals surface area contributed by atoms with Crippen molar-refractivity contribution < 1.29 is 89.4 Å². The van der Waals surface area contributed by atoms with Gasteiger partial charge in [-0.2, -0.15) is 0 Å². The topological polar surface area (TPSA) is 307 Å². The van der Waals surface area contributed by atoms with E-state index in [4.69, 9.17) is 28.4 Å². The summed E-state index contributed by atoms with van der Waals surface area (Å²) in [5.41, 5.74) is 0. The van der Waals surface area contributed by atoms with Crippen molar-refractivity contribution in [1.29, 1.82) is 0 Å². The van der Waals surface area contributed by atoms with E-state index in [0.29, 0.717) is 12.8 Å². The van der Waals surface area contributed by atoms with Gasteiger partial charge in [-0.3, -0.25) is 4.79 Å². The number of carbonyl (C=O) groups excluding carboxylic acids is 1. The van der Waals surface area contributed by atoms with Gasteiger partial charge < -0.3 is 89.9 Å². The van der Waals surface area contributed by atoms with Crippen molar-refractivity contribution in [2.75, 3.05) is 26.4 Å². The van der Waals surface area contributed by atoms with E-state index in [2.05, 4.69) is 129 Å². The van der Waals surface area contributed by atoms with Crippen LogP contribution in [0.2, 0.25) is 0 Å². The number of ether oxygens (including phenoxy) is 6. The van der Waals surface area contributed by atoms with Gasteiger partial charge in [0, 0.05) is 6.42 Å². The first-order valence-electron chi connectivity index (χ1n) is 37.3. The van der Waals surface area contributed by atoms with Gasteiger partial charge in [0.05, 0.1) is 38.6 Å². The summed E-state index contributed by atoms with van der Waals surface area (Å²) in [6, 6.07) is -1.00. The fourth-order valence-electron chi connectivity index (χ4n) is 11.7. The molecule has 19 nitrogen and oxygen atoms in total. The number of aliphatic hydroxyl groups excluding tert-OH is 11. The first-order valence-corrected chi connectivity index (χ1v) is 37.3. The van der Waals surface area contributed by atoms with Crippen LogP contribution in [0.1, 0.15) is 232 Å². The van der Waals surface area contributed by atoms with Crippen LogP contribution in [-0.2, 0) is 33.2 Å². The quantitative estimate of drug-likeness (QED) is 0.0199. The molecule has 0 aliphatic carbocycles. The third kappa shape index (κ3) is 38.7. The lowest BCUT2D eigenvalue weighted by molar-refractivity contribution is -0.379. The van der Waals surface area contributed by atoms with E-state index in [9.17, 15) is 61.0 Å². The molecule has 1 amide bonds. The molecule has 17 unspecified atom stereocenters. The highest BCUT2D eigenvalue weighted by molar-refractivity contribution is 5.76. The minimum atomic E-state index is -1.99. The average molecular weight is 1370 g/mol. The van der Waals surface area contributed by atoms with E-state index < -0.39 is 124 Å². The van der Waals surface area contributed by atoms with E-state index in [0.717, 1.165) is 103 Å². The number of rotatable bonds is 56. The van der Waals surface area contributed by atoms with Gasteiger partial charge in [0.1, 0.15) is 73.2 Å². The molecule has 0 bridgehead atoms. The molecule has 0 aromatic carbocycles. The summed E-state index contributed by atoms with van der Waals surface area (Å²) in [4.78, 5) is 13.4. The summed E-state index contributed by atoms with van der Waals surface area (Å²) >= 11 is 0. The first kappa shape index (κ1) is 87.4. The Kier molecular flexibility index (Phi) is 52.1. The number of carbonyl (C=O) groups is 1. The van der Waals surface area contributed by atoms with Crippen molar-refractivity contribution in [3.8, 4) is 0 Å². The Balaban J connectivity index is 1.38. The van der Waals surface area contributed by atoms with Crippen molar-refractivity contribution in [3.63, 3.8) is 0 Å². The van der Waals surface area contributed by atoms with Gasteiger partial charge >= 0.3 is 0 Å². The molecule has 3 aliphatic heterocycles. The highest BCUT2D eigenvalue weighted by Crippen LogP contribution is 2.33. The van der Waals surface area contributed by atoms with Crippen molar-refractivity contribution in [2.45, 2.75) is 336 Å². The Morgan fingerprint density at radius 1 is 0.381 bits per heavy atom. The lowest BCUT2D eigenvalue weighted by Gasteiger charge is -2.48. The Morgan fingerprint density at radius 3 is 1.15 bits per heavy atom. The molecule has 17 atom stereocenters. The van der Waals surface area contributed by atoms with Crippen molar-refractivity contribution >= 4 is 5.91 Å². The van der Waals surface area contributed by atoms with Crippen LogP contribution in [0.25, 0.3) is 0 Å². The lowest BCUT2D eigenvalue weighted by atomic mass is 9.96. The number of hydrogen-bond donors (Lipinski definition) is 12. The molecule has 3 saturated heterocycles. The Labute approximate surface area is 582 Å². The van der Waals surface area contributed by atoms with Gasteiger partial charge in [-0.15, -0.1) is 0 Å². The third-order valence-corrected chi connectivity index (χ3v) is 17.7. The number of allylic oxidation sites excluding steroid dienone is 19. The zero-order valence-electron chi connectivity index (χ0n) is 59.0. The zero-order valence-corrected chi connectivity index (χ0v) is 59.0. The number of nitrogens with one attached hydrogen (secondary N) is 1. The molecule has 0 saturated carbocycles. The second-order valence-electron chi connectivity index (χ2n) is 26.0. The maximum absolute atomic E-state index is 13.4. The van der Waals surface area contributed by atoms with E-state index in [1.54, 1.807) is 6.08 Å². The van der Waals surface area contributed by atoms with Gasteiger partial charge in [0.25, 0.3) is 0 Å². The van der Waals surface area contributed by atoms with Crippen molar-refractivity contribution in [1.82, 2.24) is 5.32 Å². The minimum absolute atomic E-state index is 0.223. The monoisotopic (exact) mass is 1370 g/mol. The van der Waals surface area contributed by atoms with E-state index in [1.807, 2.05) is 6.08 Å². The van der Waals surface area contributed by atoms with Crippen LogP contribution >= 0.6 is 0 Å². The number of hydrogen-bond acceptors (Lipinski definition) is 18. The van der Waals surface area contributed by atoms with Crippen molar-refractivity contribution in [2.24, 2.45) is 0 Å². The highest BCUT2D eigenvalue weighted by Gasteiger charge is 2.53. The molecule has 12 N–H and O–H groups in total. The molecule has 0 aromatic rings. The second-order valence-corrected chi connectivity index (χ2v) is 26.0. The minimum Gasteiger partial charge on any atom is -0.394 e. The molecule has 3 fully saturated rings. The maximum atomic E-state index is 13.4. The van der Waals surface area contributed by atoms with Crippen LogP contribution in [0.3, 0.4) is 0 Å². The SMILES string of the molecule is CC/C=C\C/C=C\C/C=C\C/C=C\C/C=C\C/C=C\C/C=C\CCCCCCCCCCCCCCCC(=O)NC(COC1OC(CO)C(OC2OC(CO)C(OC3OC(CO)C(O)C(O)C3O)C(O)C2O)C(O)C1O)C(O)/C=C/CC/C=C/CC/C=C/CCCCCCCCC. The van der Waals surface area contributed by atoms with Crippen LogP contribution in [0.15, 0.2) is 122 Å². The first-order chi connectivity index (χ1) is 47.3. The number of unbranched alkanes of at least 4 members (excludes halogenated alkanes) is 22. The van der Waals surface area contributed by atoms with Crippen molar-refractivity contribution in [3.05, 3.63) is 122 Å². The Hall–Kier alpha value is -3.81. The maximum Gasteiger partial charge on any atom is 0.220 e. The van der Waals surface area contributed by atoms with Crippen LogP contribution in [0.5, 0.6) is 0 Å². The largest absolute Gasteiger partial charge is 0.394 e. The molecule has 0 radical (unpaired) electrons.